The van der Waals surface area contributed by atoms with Crippen LogP contribution in [0, 0.1) is 6.92 Å². The molecule has 25 heavy (non-hydrogen) atoms. The number of ether oxygens (including phenoxy) is 1. The number of H-pyrrole nitrogens is 1. The highest BCUT2D eigenvalue weighted by Gasteiger charge is 2.23. The van der Waals surface area contributed by atoms with Crippen molar-refractivity contribution in [3.05, 3.63) is 17.5 Å². The SMILES string of the molecule is CCNC(=NCCCc1cn[nH]c1C)N1CCN(C(=O)OCC)CC1. The molecule has 2 heterocycles. The highest BCUT2D eigenvalue weighted by atomic mass is 16.6. The van der Waals surface area contributed by atoms with E-state index in [1.54, 1.807) is 4.90 Å². The molecule has 0 atom stereocenters. The van der Waals surface area contributed by atoms with E-state index in [-0.39, 0.29) is 6.09 Å². The minimum atomic E-state index is -0.223. The lowest BCUT2D eigenvalue weighted by molar-refractivity contribution is 0.0914. The van der Waals surface area contributed by atoms with Crippen molar-refractivity contribution in [2.24, 2.45) is 4.99 Å². The second kappa shape index (κ2) is 9.90. The molecule has 1 fully saturated rings. The third-order valence-corrected chi connectivity index (χ3v) is 4.24. The largest absolute Gasteiger partial charge is 0.450 e. The van der Waals surface area contributed by atoms with Gasteiger partial charge in [0.25, 0.3) is 0 Å². The first-order valence-corrected chi connectivity index (χ1v) is 9.09. The normalized spacial score (nSPS) is 15.4. The number of nitrogens with one attached hydrogen (secondary N) is 2. The van der Waals surface area contributed by atoms with Crippen LogP contribution in [0.1, 0.15) is 31.5 Å². The van der Waals surface area contributed by atoms with Crippen LogP contribution in [0.3, 0.4) is 0 Å². The molecular formula is C17H30N6O2. The summed E-state index contributed by atoms with van der Waals surface area (Å²) in [7, 11) is 0. The summed E-state index contributed by atoms with van der Waals surface area (Å²) >= 11 is 0. The molecule has 0 spiro atoms. The summed E-state index contributed by atoms with van der Waals surface area (Å²) < 4.78 is 5.06. The van der Waals surface area contributed by atoms with Crippen molar-refractivity contribution in [1.29, 1.82) is 0 Å². The molecule has 1 aromatic rings. The second-order valence-electron chi connectivity index (χ2n) is 6.03. The van der Waals surface area contributed by atoms with Gasteiger partial charge in [0.2, 0.25) is 0 Å². The number of carbonyl (C=O) groups is 1. The monoisotopic (exact) mass is 350 g/mol. The fourth-order valence-electron chi connectivity index (χ4n) is 2.82. The van der Waals surface area contributed by atoms with Crippen molar-refractivity contribution in [1.82, 2.24) is 25.3 Å². The number of aromatic nitrogens is 2. The van der Waals surface area contributed by atoms with E-state index >= 15 is 0 Å². The summed E-state index contributed by atoms with van der Waals surface area (Å²) in [6, 6.07) is 0. The lowest BCUT2D eigenvalue weighted by atomic mass is 10.1. The number of aryl methyl sites for hydroxylation is 2. The maximum atomic E-state index is 11.8. The van der Waals surface area contributed by atoms with E-state index in [1.165, 1.54) is 5.56 Å². The first kappa shape index (κ1) is 19.1. The molecule has 0 radical (unpaired) electrons. The van der Waals surface area contributed by atoms with Crippen LogP contribution >= 0.6 is 0 Å². The van der Waals surface area contributed by atoms with Crippen LogP contribution in [-0.2, 0) is 11.2 Å². The zero-order chi connectivity index (χ0) is 18.1. The van der Waals surface area contributed by atoms with Crippen molar-refractivity contribution in [2.45, 2.75) is 33.6 Å². The number of amides is 1. The van der Waals surface area contributed by atoms with Crippen molar-refractivity contribution < 1.29 is 9.53 Å². The Kier molecular flexibility index (Phi) is 7.56. The Morgan fingerprint density at radius 2 is 2.04 bits per heavy atom. The van der Waals surface area contributed by atoms with Gasteiger partial charge in [-0.15, -0.1) is 0 Å². The number of aromatic amines is 1. The Labute approximate surface area is 149 Å². The average Bonchev–Trinajstić information content (AvgIpc) is 3.03. The molecular weight excluding hydrogens is 320 g/mol. The van der Waals surface area contributed by atoms with Crippen LogP contribution in [0.5, 0.6) is 0 Å². The molecule has 0 aliphatic carbocycles. The molecule has 1 saturated heterocycles. The smallest absolute Gasteiger partial charge is 0.409 e. The van der Waals surface area contributed by atoms with E-state index in [4.69, 9.17) is 9.73 Å². The lowest BCUT2D eigenvalue weighted by Crippen LogP contribution is -2.53. The molecule has 1 amide bonds. The third-order valence-electron chi connectivity index (χ3n) is 4.24. The van der Waals surface area contributed by atoms with Crippen molar-refractivity contribution >= 4 is 12.1 Å². The Balaban J connectivity index is 1.81. The van der Waals surface area contributed by atoms with Crippen LogP contribution < -0.4 is 5.32 Å². The predicted octanol–water partition coefficient (Wildman–Crippen LogP) is 1.39. The number of carbonyl (C=O) groups excluding carboxylic acids is 1. The first-order chi connectivity index (χ1) is 12.2. The number of piperazine rings is 1. The number of hydrogen-bond donors (Lipinski definition) is 2. The number of hydrogen-bond acceptors (Lipinski definition) is 4. The van der Waals surface area contributed by atoms with E-state index in [9.17, 15) is 4.79 Å². The Morgan fingerprint density at radius 1 is 1.32 bits per heavy atom. The van der Waals surface area contributed by atoms with E-state index in [1.807, 2.05) is 20.0 Å². The van der Waals surface area contributed by atoms with Gasteiger partial charge >= 0.3 is 6.09 Å². The van der Waals surface area contributed by atoms with Gasteiger partial charge < -0.3 is 19.9 Å². The van der Waals surface area contributed by atoms with Gasteiger partial charge in [-0.25, -0.2) is 4.79 Å². The Morgan fingerprint density at radius 3 is 2.64 bits per heavy atom. The highest BCUT2D eigenvalue weighted by Crippen LogP contribution is 2.07. The van der Waals surface area contributed by atoms with Crippen molar-refractivity contribution in [3.63, 3.8) is 0 Å². The molecule has 1 aromatic heterocycles. The van der Waals surface area contributed by atoms with E-state index in [0.29, 0.717) is 19.7 Å². The summed E-state index contributed by atoms with van der Waals surface area (Å²) in [5.41, 5.74) is 2.38. The summed E-state index contributed by atoms with van der Waals surface area (Å²) in [5, 5.41) is 10.4. The summed E-state index contributed by atoms with van der Waals surface area (Å²) in [6.07, 6.45) is 3.62. The van der Waals surface area contributed by atoms with E-state index in [0.717, 1.165) is 50.7 Å². The number of aliphatic imine (C=N–C) groups is 1. The van der Waals surface area contributed by atoms with Crippen molar-refractivity contribution in [2.75, 3.05) is 45.9 Å². The molecule has 8 heteroatoms. The molecule has 140 valence electrons. The van der Waals surface area contributed by atoms with Crippen LogP contribution in [0.4, 0.5) is 4.79 Å². The maximum absolute atomic E-state index is 11.8. The van der Waals surface area contributed by atoms with Gasteiger partial charge in [-0.1, -0.05) is 0 Å². The quantitative estimate of drug-likeness (QED) is 0.460. The summed E-state index contributed by atoms with van der Waals surface area (Å²) in [6.45, 7) is 10.8. The van der Waals surface area contributed by atoms with Crippen molar-refractivity contribution in [3.8, 4) is 0 Å². The second-order valence-corrected chi connectivity index (χ2v) is 6.03. The molecule has 8 nitrogen and oxygen atoms in total. The molecule has 2 N–H and O–H groups in total. The molecule has 0 saturated carbocycles. The van der Waals surface area contributed by atoms with Gasteiger partial charge in [-0.05, 0) is 39.2 Å². The number of rotatable bonds is 6. The third kappa shape index (κ3) is 5.65. The maximum Gasteiger partial charge on any atom is 0.409 e. The van der Waals surface area contributed by atoms with Gasteiger partial charge in [-0.3, -0.25) is 10.1 Å². The van der Waals surface area contributed by atoms with Crippen LogP contribution in [-0.4, -0.2) is 77.9 Å². The fraction of sp³-hybridized carbons (Fsp3) is 0.706. The van der Waals surface area contributed by atoms with E-state index < -0.39 is 0 Å². The Bertz CT molecular complexity index is 563. The van der Waals surface area contributed by atoms with Gasteiger partial charge in [0.1, 0.15) is 0 Å². The molecule has 0 bridgehead atoms. The lowest BCUT2D eigenvalue weighted by Gasteiger charge is -2.35. The molecule has 2 rings (SSSR count). The average molecular weight is 350 g/mol. The molecule has 0 aromatic carbocycles. The number of nitrogens with zero attached hydrogens (tertiary/aromatic N) is 4. The van der Waals surface area contributed by atoms with Gasteiger partial charge in [0.05, 0.1) is 12.8 Å². The molecule has 1 aliphatic rings. The zero-order valence-corrected chi connectivity index (χ0v) is 15.5. The standard InChI is InChI=1S/C17H30N6O2/c1-4-18-16(19-8-6-7-15-13-20-21-14(15)3)22-9-11-23(12-10-22)17(24)25-5-2/h13H,4-12H2,1-3H3,(H,18,19)(H,20,21). The number of guanidine groups is 1. The van der Waals surface area contributed by atoms with Gasteiger partial charge in [-0.2, -0.15) is 5.10 Å². The minimum absolute atomic E-state index is 0.223. The van der Waals surface area contributed by atoms with Crippen LogP contribution in [0.25, 0.3) is 0 Å². The van der Waals surface area contributed by atoms with Gasteiger partial charge in [0, 0.05) is 45.0 Å². The minimum Gasteiger partial charge on any atom is -0.450 e. The molecule has 0 unspecified atom stereocenters. The van der Waals surface area contributed by atoms with Gasteiger partial charge in [0.15, 0.2) is 5.96 Å². The Hall–Kier alpha value is -2.25. The molecule has 1 aliphatic heterocycles. The first-order valence-electron chi connectivity index (χ1n) is 9.09. The highest BCUT2D eigenvalue weighted by molar-refractivity contribution is 5.80. The van der Waals surface area contributed by atoms with E-state index in [2.05, 4.69) is 27.3 Å². The zero-order valence-electron chi connectivity index (χ0n) is 15.5. The summed E-state index contributed by atoms with van der Waals surface area (Å²) in [4.78, 5) is 20.5. The fourth-order valence-corrected chi connectivity index (χ4v) is 2.82. The van der Waals surface area contributed by atoms with Crippen LogP contribution in [0.2, 0.25) is 0 Å². The van der Waals surface area contributed by atoms with Crippen LogP contribution in [0.15, 0.2) is 11.2 Å². The predicted molar refractivity (Wildman–Crippen MR) is 97.8 cm³/mol. The summed E-state index contributed by atoms with van der Waals surface area (Å²) in [5.74, 6) is 0.926. The topological polar surface area (TPSA) is 85.9 Å².